The van der Waals surface area contributed by atoms with Crippen LogP contribution in [0, 0.1) is 3.57 Å². The third-order valence-electron chi connectivity index (χ3n) is 3.61. The maximum atomic E-state index is 8.97. The Morgan fingerprint density at radius 1 is 1.04 bits per heavy atom. The number of hydrogen-bond acceptors (Lipinski definition) is 5. The smallest absolute Gasteiger partial charge is 0.225 e. The van der Waals surface area contributed by atoms with Crippen molar-refractivity contribution in [2.75, 3.05) is 23.8 Å². The Balaban J connectivity index is 1.93. The number of aliphatic hydroxyl groups excluding tert-OH is 1. The molecule has 3 N–H and O–H groups in total. The first-order valence-corrected chi connectivity index (χ1v) is 9.62. The normalized spacial score (nSPS) is 10.6. The van der Waals surface area contributed by atoms with Gasteiger partial charge >= 0.3 is 0 Å². The summed E-state index contributed by atoms with van der Waals surface area (Å²) in [5, 5.41) is 16.0. The van der Waals surface area contributed by atoms with Gasteiger partial charge in [0, 0.05) is 28.4 Å². The zero-order valence-corrected chi connectivity index (χ0v) is 16.8. The summed E-state index contributed by atoms with van der Waals surface area (Å²) in [7, 11) is 0. The molecule has 7 heteroatoms. The second-order valence-electron chi connectivity index (χ2n) is 5.58. The van der Waals surface area contributed by atoms with Crippen molar-refractivity contribution in [3.8, 4) is 11.3 Å². The van der Waals surface area contributed by atoms with Crippen LogP contribution in [0.3, 0.4) is 0 Å². The molecule has 2 aromatic carbocycles. The lowest BCUT2D eigenvalue weighted by Gasteiger charge is -2.12. The second-order valence-corrected chi connectivity index (χ2v) is 7.23. The second kappa shape index (κ2) is 9.16. The molecule has 1 aromatic heterocycles. The van der Waals surface area contributed by atoms with E-state index in [0.717, 1.165) is 20.5 Å². The standard InChI is InChI=1S/C19H18ClIN4O/c20-15-11-14(21)7-8-16(15)23-18-12-17(13-5-2-1-3-6-13)24-19(25-18)22-9-4-10-26/h1-3,5-8,11-12,26H,4,9-10H2,(H2,22,23,24,25). The number of nitrogens with zero attached hydrogens (tertiary/aromatic N) is 2. The van der Waals surface area contributed by atoms with Crippen molar-refractivity contribution < 1.29 is 5.11 Å². The third-order valence-corrected chi connectivity index (χ3v) is 4.59. The fourth-order valence-electron chi connectivity index (χ4n) is 2.36. The molecule has 26 heavy (non-hydrogen) atoms. The topological polar surface area (TPSA) is 70.1 Å². The quantitative estimate of drug-likeness (QED) is 0.330. The first kappa shape index (κ1) is 18.9. The van der Waals surface area contributed by atoms with Crippen molar-refractivity contribution in [1.29, 1.82) is 0 Å². The lowest BCUT2D eigenvalue weighted by Crippen LogP contribution is -2.08. The van der Waals surface area contributed by atoms with Crippen molar-refractivity contribution in [2.24, 2.45) is 0 Å². The summed E-state index contributed by atoms with van der Waals surface area (Å²) in [5.41, 5.74) is 2.58. The molecule has 0 saturated carbocycles. The number of aromatic nitrogens is 2. The van der Waals surface area contributed by atoms with Gasteiger partial charge in [-0.15, -0.1) is 0 Å². The molecule has 134 valence electrons. The van der Waals surface area contributed by atoms with Gasteiger partial charge in [-0.2, -0.15) is 4.98 Å². The van der Waals surface area contributed by atoms with Gasteiger partial charge in [0.25, 0.3) is 0 Å². The monoisotopic (exact) mass is 480 g/mol. The molecule has 0 aliphatic heterocycles. The van der Waals surface area contributed by atoms with Crippen molar-refractivity contribution in [1.82, 2.24) is 9.97 Å². The number of anilines is 3. The molecule has 0 radical (unpaired) electrons. The fourth-order valence-corrected chi connectivity index (χ4v) is 3.26. The van der Waals surface area contributed by atoms with Crippen molar-refractivity contribution in [3.05, 3.63) is 63.2 Å². The highest BCUT2D eigenvalue weighted by molar-refractivity contribution is 14.1. The predicted molar refractivity (Wildman–Crippen MR) is 115 cm³/mol. The van der Waals surface area contributed by atoms with E-state index in [4.69, 9.17) is 16.7 Å². The Labute approximate surface area is 171 Å². The number of hydrogen-bond donors (Lipinski definition) is 3. The van der Waals surface area contributed by atoms with Gasteiger partial charge in [0.05, 0.1) is 16.4 Å². The first-order valence-electron chi connectivity index (χ1n) is 8.17. The molecule has 0 spiro atoms. The zero-order chi connectivity index (χ0) is 18.4. The van der Waals surface area contributed by atoms with Gasteiger partial charge in [-0.25, -0.2) is 4.98 Å². The molecular formula is C19H18ClIN4O. The van der Waals surface area contributed by atoms with E-state index < -0.39 is 0 Å². The fraction of sp³-hybridized carbons (Fsp3) is 0.158. The molecule has 5 nitrogen and oxygen atoms in total. The van der Waals surface area contributed by atoms with Gasteiger partial charge in [-0.05, 0) is 47.2 Å². The average Bonchev–Trinajstić information content (AvgIpc) is 2.65. The van der Waals surface area contributed by atoms with Gasteiger partial charge in [0.2, 0.25) is 5.95 Å². The van der Waals surface area contributed by atoms with Gasteiger partial charge in [0.1, 0.15) is 5.82 Å². The van der Waals surface area contributed by atoms with E-state index in [2.05, 4.69) is 43.2 Å². The Morgan fingerprint density at radius 2 is 1.85 bits per heavy atom. The highest BCUT2D eigenvalue weighted by Gasteiger charge is 2.09. The van der Waals surface area contributed by atoms with E-state index in [1.807, 2.05) is 54.6 Å². The van der Waals surface area contributed by atoms with Gasteiger partial charge in [0.15, 0.2) is 0 Å². The number of benzene rings is 2. The van der Waals surface area contributed by atoms with Crippen LogP contribution in [-0.2, 0) is 0 Å². The molecule has 0 bridgehead atoms. The molecule has 1 heterocycles. The van der Waals surface area contributed by atoms with Crippen LogP contribution in [0.25, 0.3) is 11.3 Å². The Hall–Kier alpha value is -1.90. The molecular weight excluding hydrogens is 463 g/mol. The predicted octanol–water partition coefficient (Wildman–Crippen LogP) is 4.94. The van der Waals surface area contributed by atoms with Crippen LogP contribution in [0.5, 0.6) is 0 Å². The molecule has 0 saturated heterocycles. The number of rotatable bonds is 7. The summed E-state index contributed by atoms with van der Waals surface area (Å²) in [6.07, 6.45) is 0.630. The third kappa shape index (κ3) is 5.06. The largest absolute Gasteiger partial charge is 0.396 e. The number of aliphatic hydroxyl groups is 1. The molecule has 3 rings (SSSR count). The summed E-state index contributed by atoms with van der Waals surface area (Å²) in [6.45, 7) is 0.715. The van der Waals surface area contributed by atoms with E-state index in [9.17, 15) is 0 Å². The van der Waals surface area contributed by atoms with E-state index in [-0.39, 0.29) is 6.61 Å². The molecule has 0 unspecified atom stereocenters. The summed E-state index contributed by atoms with van der Waals surface area (Å²) in [4.78, 5) is 9.09. The summed E-state index contributed by atoms with van der Waals surface area (Å²) >= 11 is 8.55. The van der Waals surface area contributed by atoms with Gasteiger partial charge < -0.3 is 15.7 Å². The minimum absolute atomic E-state index is 0.120. The van der Waals surface area contributed by atoms with Crippen LogP contribution in [0.15, 0.2) is 54.6 Å². The molecule has 0 amide bonds. The van der Waals surface area contributed by atoms with Crippen LogP contribution in [-0.4, -0.2) is 28.2 Å². The Morgan fingerprint density at radius 3 is 2.58 bits per heavy atom. The first-order chi connectivity index (χ1) is 12.7. The van der Waals surface area contributed by atoms with Crippen LogP contribution in [0.2, 0.25) is 5.02 Å². The molecule has 0 fully saturated rings. The minimum atomic E-state index is 0.120. The van der Waals surface area contributed by atoms with Crippen molar-refractivity contribution >= 4 is 51.6 Å². The SMILES string of the molecule is OCCCNc1nc(Nc2ccc(I)cc2Cl)cc(-c2ccccc2)n1. The van der Waals surface area contributed by atoms with Crippen LogP contribution in [0.4, 0.5) is 17.5 Å². The Kier molecular flexibility index (Phi) is 6.65. The van der Waals surface area contributed by atoms with E-state index >= 15 is 0 Å². The van der Waals surface area contributed by atoms with Crippen LogP contribution in [0.1, 0.15) is 6.42 Å². The van der Waals surface area contributed by atoms with E-state index in [1.54, 1.807) is 0 Å². The highest BCUT2D eigenvalue weighted by Crippen LogP contribution is 2.28. The van der Waals surface area contributed by atoms with Crippen molar-refractivity contribution in [3.63, 3.8) is 0 Å². The van der Waals surface area contributed by atoms with Crippen LogP contribution >= 0.6 is 34.2 Å². The highest BCUT2D eigenvalue weighted by atomic mass is 127. The molecule has 0 aliphatic rings. The lowest BCUT2D eigenvalue weighted by molar-refractivity contribution is 0.292. The van der Waals surface area contributed by atoms with Crippen LogP contribution < -0.4 is 10.6 Å². The molecule has 0 aliphatic carbocycles. The summed E-state index contributed by atoms with van der Waals surface area (Å²) in [6, 6.07) is 17.6. The lowest BCUT2D eigenvalue weighted by atomic mass is 10.1. The Bertz CT molecular complexity index is 877. The van der Waals surface area contributed by atoms with E-state index in [1.165, 1.54) is 0 Å². The molecule has 3 aromatic rings. The zero-order valence-electron chi connectivity index (χ0n) is 13.9. The maximum absolute atomic E-state index is 8.97. The summed E-state index contributed by atoms with van der Waals surface area (Å²) in [5.74, 6) is 1.15. The number of halogens is 2. The van der Waals surface area contributed by atoms with E-state index in [0.29, 0.717) is 29.8 Å². The minimum Gasteiger partial charge on any atom is -0.396 e. The van der Waals surface area contributed by atoms with Gasteiger partial charge in [-0.3, -0.25) is 0 Å². The average molecular weight is 481 g/mol. The molecule has 0 atom stereocenters. The van der Waals surface area contributed by atoms with Crippen molar-refractivity contribution in [2.45, 2.75) is 6.42 Å². The number of nitrogens with one attached hydrogen (secondary N) is 2. The maximum Gasteiger partial charge on any atom is 0.225 e. The van der Waals surface area contributed by atoms with Gasteiger partial charge in [-0.1, -0.05) is 41.9 Å². The summed E-state index contributed by atoms with van der Waals surface area (Å²) < 4.78 is 1.07.